The standard InChI is InChI=1S/C18H18N2O3S2/c1-12-10-15-16(11-13(12)2)24-18(19-15)20-17(21)8-9-25(22,23)14-6-4-3-5-7-14/h3-7,10-11H,8-9H2,1-2H3,(H,19,20,21). The molecule has 0 atom stereocenters. The van der Waals surface area contributed by atoms with Gasteiger partial charge in [0.2, 0.25) is 5.91 Å². The number of nitrogens with one attached hydrogen (secondary N) is 1. The fourth-order valence-electron chi connectivity index (χ4n) is 2.39. The van der Waals surface area contributed by atoms with Crippen LogP contribution < -0.4 is 5.32 Å². The Morgan fingerprint density at radius 2 is 1.80 bits per heavy atom. The molecule has 0 bridgehead atoms. The Bertz CT molecular complexity index is 986. The minimum Gasteiger partial charge on any atom is -0.302 e. The van der Waals surface area contributed by atoms with E-state index in [0.29, 0.717) is 5.13 Å². The minimum atomic E-state index is -3.46. The van der Waals surface area contributed by atoms with Crippen molar-refractivity contribution in [3.05, 3.63) is 53.6 Å². The molecule has 0 radical (unpaired) electrons. The lowest BCUT2D eigenvalue weighted by molar-refractivity contribution is -0.115. The number of hydrogen-bond donors (Lipinski definition) is 1. The highest BCUT2D eigenvalue weighted by Gasteiger charge is 2.17. The topological polar surface area (TPSA) is 76.1 Å². The third-order valence-corrected chi connectivity index (χ3v) is 6.62. The molecule has 3 aromatic rings. The van der Waals surface area contributed by atoms with Crippen molar-refractivity contribution in [3.63, 3.8) is 0 Å². The van der Waals surface area contributed by atoms with E-state index in [-0.39, 0.29) is 23.0 Å². The number of carbonyl (C=O) groups excluding carboxylic acids is 1. The van der Waals surface area contributed by atoms with Gasteiger partial charge in [-0.3, -0.25) is 4.79 Å². The van der Waals surface area contributed by atoms with Crippen molar-refractivity contribution in [2.75, 3.05) is 11.1 Å². The number of thiazole rings is 1. The van der Waals surface area contributed by atoms with Gasteiger partial charge in [0.1, 0.15) is 0 Å². The second-order valence-electron chi connectivity index (χ2n) is 5.85. The number of fused-ring (bicyclic) bond motifs is 1. The van der Waals surface area contributed by atoms with Crippen molar-refractivity contribution in [1.29, 1.82) is 0 Å². The van der Waals surface area contributed by atoms with E-state index >= 15 is 0 Å². The first kappa shape index (κ1) is 17.6. The molecule has 0 saturated carbocycles. The summed E-state index contributed by atoms with van der Waals surface area (Å²) in [5, 5.41) is 3.19. The van der Waals surface area contributed by atoms with E-state index in [2.05, 4.69) is 10.3 Å². The number of sulfone groups is 1. The Labute approximate surface area is 150 Å². The van der Waals surface area contributed by atoms with Crippen LogP contribution in [0.15, 0.2) is 47.4 Å². The molecule has 1 N–H and O–H groups in total. The van der Waals surface area contributed by atoms with Crippen LogP contribution in [0.3, 0.4) is 0 Å². The molecule has 0 aliphatic heterocycles. The third kappa shape index (κ3) is 4.05. The van der Waals surface area contributed by atoms with Crippen molar-refractivity contribution in [1.82, 2.24) is 4.98 Å². The molecule has 0 spiro atoms. The summed E-state index contributed by atoms with van der Waals surface area (Å²) in [5.74, 6) is -0.585. The molecule has 0 fully saturated rings. The van der Waals surface area contributed by atoms with Crippen molar-refractivity contribution in [3.8, 4) is 0 Å². The van der Waals surface area contributed by atoms with Gasteiger partial charge in [-0.25, -0.2) is 13.4 Å². The van der Waals surface area contributed by atoms with E-state index in [1.807, 2.05) is 26.0 Å². The molecule has 25 heavy (non-hydrogen) atoms. The quantitative estimate of drug-likeness (QED) is 0.738. The number of aromatic nitrogens is 1. The molecule has 130 valence electrons. The predicted octanol–water partition coefficient (Wildman–Crippen LogP) is 3.72. The number of hydrogen-bond acceptors (Lipinski definition) is 5. The number of aryl methyl sites for hydroxylation is 2. The first-order chi connectivity index (χ1) is 11.8. The second kappa shape index (κ2) is 6.93. The molecule has 1 aromatic heterocycles. The number of carbonyl (C=O) groups is 1. The Balaban J connectivity index is 1.67. The molecule has 5 nitrogen and oxygen atoms in total. The van der Waals surface area contributed by atoms with E-state index in [9.17, 15) is 13.2 Å². The van der Waals surface area contributed by atoms with Gasteiger partial charge < -0.3 is 5.32 Å². The fraction of sp³-hybridized carbons (Fsp3) is 0.222. The van der Waals surface area contributed by atoms with Gasteiger partial charge in [0.05, 0.1) is 20.9 Å². The summed E-state index contributed by atoms with van der Waals surface area (Å²) < 4.78 is 25.4. The molecule has 3 rings (SSSR count). The molecular formula is C18H18N2O3S2. The molecule has 1 heterocycles. The highest BCUT2D eigenvalue weighted by Crippen LogP contribution is 2.28. The van der Waals surface area contributed by atoms with Crippen molar-refractivity contribution in [2.24, 2.45) is 0 Å². The predicted molar refractivity (Wildman–Crippen MR) is 101 cm³/mol. The second-order valence-corrected chi connectivity index (χ2v) is 8.99. The van der Waals surface area contributed by atoms with E-state index in [0.717, 1.165) is 15.8 Å². The van der Waals surface area contributed by atoms with E-state index in [1.54, 1.807) is 18.2 Å². The van der Waals surface area contributed by atoms with Gasteiger partial charge in [0.15, 0.2) is 15.0 Å². The van der Waals surface area contributed by atoms with E-state index in [1.165, 1.54) is 29.0 Å². The molecule has 7 heteroatoms. The van der Waals surface area contributed by atoms with Gasteiger partial charge >= 0.3 is 0 Å². The molecule has 1 amide bonds. The summed E-state index contributed by atoms with van der Waals surface area (Å²) in [5.41, 5.74) is 3.15. The number of anilines is 1. The molecular weight excluding hydrogens is 356 g/mol. The first-order valence-electron chi connectivity index (χ1n) is 7.80. The van der Waals surface area contributed by atoms with Crippen LogP contribution in [0.25, 0.3) is 10.2 Å². The average molecular weight is 374 g/mol. The van der Waals surface area contributed by atoms with Gasteiger partial charge in [-0.1, -0.05) is 29.5 Å². The lowest BCUT2D eigenvalue weighted by atomic mass is 10.1. The zero-order valence-electron chi connectivity index (χ0n) is 13.9. The van der Waals surface area contributed by atoms with Crippen LogP contribution in [0.5, 0.6) is 0 Å². The van der Waals surface area contributed by atoms with Crippen LogP contribution in [0.2, 0.25) is 0 Å². The van der Waals surface area contributed by atoms with Crippen molar-refractivity contribution < 1.29 is 13.2 Å². The number of nitrogens with zero attached hydrogens (tertiary/aromatic N) is 1. The molecule has 2 aromatic carbocycles. The minimum absolute atomic E-state index is 0.106. The van der Waals surface area contributed by atoms with Crippen LogP contribution in [0.4, 0.5) is 5.13 Å². The van der Waals surface area contributed by atoms with E-state index < -0.39 is 9.84 Å². The Morgan fingerprint density at radius 3 is 2.52 bits per heavy atom. The van der Waals surface area contributed by atoms with Crippen LogP contribution in [-0.2, 0) is 14.6 Å². The zero-order chi connectivity index (χ0) is 18.0. The largest absolute Gasteiger partial charge is 0.302 e. The Kier molecular flexibility index (Phi) is 4.87. The molecule has 0 aliphatic carbocycles. The van der Waals surface area contributed by atoms with Gasteiger partial charge in [0, 0.05) is 6.42 Å². The van der Waals surface area contributed by atoms with Gasteiger partial charge in [-0.2, -0.15) is 0 Å². The maximum Gasteiger partial charge on any atom is 0.227 e. The third-order valence-electron chi connectivity index (χ3n) is 3.95. The van der Waals surface area contributed by atoms with Gasteiger partial charge in [0.25, 0.3) is 0 Å². The summed E-state index contributed by atoms with van der Waals surface area (Å²) >= 11 is 1.39. The number of amides is 1. The summed E-state index contributed by atoms with van der Waals surface area (Å²) in [6.07, 6.45) is -0.106. The zero-order valence-corrected chi connectivity index (χ0v) is 15.6. The number of rotatable bonds is 5. The monoisotopic (exact) mass is 374 g/mol. The smallest absolute Gasteiger partial charge is 0.227 e. The number of benzene rings is 2. The molecule has 0 saturated heterocycles. The Morgan fingerprint density at radius 1 is 1.12 bits per heavy atom. The summed E-state index contributed by atoms with van der Waals surface area (Å²) in [6.45, 7) is 4.04. The lowest BCUT2D eigenvalue weighted by Gasteiger charge is -2.04. The van der Waals surface area contributed by atoms with Crippen LogP contribution in [-0.4, -0.2) is 25.1 Å². The van der Waals surface area contributed by atoms with E-state index in [4.69, 9.17) is 0 Å². The first-order valence-corrected chi connectivity index (χ1v) is 10.3. The lowest BCUT2D eigenvalue weighted by Crippen LogP contribution is -2.17. The highest BCUT2D eigenvalue weighted by atomic mass is 32.2. The molecule has 0 unspecified atom stereocenters. The van der Waals surface area contributed by atoms with Crippen molar-refractivity contribution >= 4 is 42.4 Å². The normalized spacial score (nSPS) is 11.6. The summed E-state index contributed by atoms with van der Waals surface area (Å²) in [7, 11) is -3.46. The van der Waals surface area contributed by atoms with Crippen LogP contribution >= 0.6 is 11.3 Å². The average Bonchev–Trinajstić information content (AvgIpc) is 2.95. The van der Waals surface area contributed by atoms with Gasteiger partial charge in [-0.05, 0) is 49.2 Å². The SMILES string of the molecule is Cc1cc2nc(NC(=O)CCS(=O)(=O)c3ccccc3)sc2cc1C. The Hall–Kier alpha value is -2.25. The molecule has 0 aliphatic rings. The fourth-order valence-corrected chi connectivity index (χ4v) is 4.61. The van der Waals surface area contributed by atoms with Crippen LogP contribution in [0.1, 0.15) is 17.5 Å². The van der Waals surface area contributed by atoms with Gasteiger partial charge in [-0.15, -0.1) is 0 Å². The summed E-state index contributed by atoms with van der Waals surface area (Å²) in [6, 6.07) is 12.2. The van der Waals surface area contributed by atoms with Crippen molar-refractivity contribution in [2.45, 2.75) is 25.2 Å². The maximum absolute atomic E-state index is 12.2. The maximum atomic E-state index is 12.2. The summed E-state index contributed by atoms with van der Waals surface area (Å²) in [4.78, 5) is 16.7. The van der Waals surface area contributed by atoms with Crippen LogP contribution in [0, 0.1) is 13.8 Å². The highest BCUT2D eigenvalue weighted by molar-refractivity contribution is 7.91.